The number of hydrogen-bond acceptors (Lipinski definition) is 8. The number of nitriles is 1. The lowest BCUT2D eigenvalue weighted by atomic mass is 9.78. The molecule has 3 aromatic heterocycles. The fourth-order valence-corrected chi connectivity index (χ4v) is 6.23. The Morgan fingerprint density at radius 1 is 1.11 bits per heavy atom. The monoisotopic (exact) mass is 508 g/mol. The van der Waals surface area contributed by atoms with Crippen molar-refractivity contribution in [2.45, 2.75) is 44.3 Å². The Kier molecular flexibility index (Phi) is 4.57. The Balaban J connectivity index is 1.30. The van der Waals surface area contributed by atoms with E-state index in [-0.39, 0.29) is 11.8 Å². The number of ether oxygens (including phenoxy) is 2. The summed E-state index contributed by atoms with van der Waals surface area (Å²) in [6, 6.07) is 15.0. The van der Waals surface area contributed by atoms with Crippen molar-refractivity contribution in [2.24, 2.45) is 0 Å². The molecule has 1 saturated heterocycles. The van der Waals surface area contributed by atoms with Crippen LogP contribution in [0.3, 0.4) is 0 Å². The van der Waals surface area contributed by atoms with Crippen molar-refractivity contribution in [3.63, 3.8) is 0 Å². The number of nitrogens with zero attached hydrogens (tertiary/aromatic N) is 6. The van der Waals surface area contributed by atoms with Gasteiger partial charge >= 0.3 is 0 Å². The Morgan fingerprint density at radius 2 is 1.89 bits per heavy atom. The van der Waals surface area contributed by atoms with Crippen molar-refractivity contribution >= 4 is 16.6 Å². The van der Waals surface area contributed by atoms with Crippen LogP contribution in [0.5, 0.6) is 17.6 Å². The Morgan fingerprint density at radius 3 is 2.71 bits per heavy atom. The minimum Gasteiger partial charge on any atom is -0.494 e. The highest BCUT2D eigenvalue weighted by atomic mass is 16.5. The summed E-state index contributed by atoms with van der Waals surface area (Å²) in [5.41, 5.74) is 1.53. The lowest BCUT2D eigenvalue weighted by molar-refractivity contribution is -0.0878. The van der Waals surface area contributed by atoms with Crippen molar-refractivity contribution < 1.29 is 19.7 Å². The number of aromatic nitrogens is 5. The van der Waals surface area contributed by atoms with E-state index in [1.165, 1.54) is 10.9 Å². The molecule has 0 unspecified atom stereocenters. The SMILES string of the molecule is Cc1cc(OCC[C@@]23CC[C@@](C)(O2)c2c3c(O)n(-c3ccc(C#N)c4ccccc34)c2O)n2ncnc2n1. The molecule has 38 heavy (non-hydrogen) atoms. The highest BCUT2D eigenvalue weighted by Crippen LogP contribution is 2.65. The van der Waals surface area contributed by atoms with Crippen LogP contribution in [0.4, 0.5) is 0 Å². The number of benzene rings is 2. The van der Waals surface area contributed by atoms with Crippen molar-refractivity contribution in [3.8, 4) is 29.4 Å². The molecule has 2 aliphatic heterocycles. The van der Waals surface area contributed by atoms with Gasteiger partial charge in [0.15, 0.2) is 0 Å². The molecule has 10 heteroatoms. The zero-order valence-electron chi connectivity index (χ0n) is 20.8. The highest BCUT2D eigenvalue weighted by molar-refractivity contribution is 5.95. The summed E-state index contributed by atoms with van der Waals surface area (Å²) in [6.45, 7) is 4.11. The number of rotatable bonds is 5. The quantitative estimate of drug-likeness (QED) is 0.358. The van der Waals surface area contributed by atoms with Gasteiger partial charge in [-0.25, -0.2) is 4.98 Å². The summed E-state index contributed by atoms with van der Waals surface area (Å²) in [6.07, 6.45) is 3.27. The van der Waals surface area contributed by atoms with E-state index in [1.54, 1.807) is 22.7 Å². The van der Waals surface area contributed by atoms with Gasteiger partial charge < -0.3 is 19.7 Å². The normalized spacial score (nSPS) is 21.7. The molecule has 190 valence electrons. The van der Waals surface area contributed by atoms with E-state index < -0.39 is 11.2 Å². The Labute approximate surface area is 217 Å². The zero-order chi connectivity index (χ0) is 26.2. The van der Waals surface area contributed by atoms with E-state index in [0.29, 0.717) is 59.9 Å². The average Bonchev–Trinajstić information content (AvgIpc) is 3.64. The molecular weight excluding hydrogens is 484 g/mol. The molecular formula is C28H24N6O4. The van der Waals surface area contributed by atoms with Crippen LogP contribution in [-0.4, -0.2) is 41.0 Å². The van der Waals surface area contributed by atoms with Crippen LogP contribution in [0, 0.1) is 18.3 Å². The minimum atomic E-state index is -0.817. The van der Waals surface area contributed by atoms with Gasteiger partial charge in [0.1, 0.15) is 11.9 Å². The van der Waals surface area contributed by atoms with Crippen molar-refractivity contribution in [1.82, 2.24) is 24.1 Å². The van der Waals surface area contributed by atoms with Gasteiger partial charge in [-0.15, -0.1) is 0 Å². The summed E-state index contributed by atoms with van der Waals surface area (Å²) in [7, 11) is 0. The zero-order valence-corrected chi connectivity index (χ0v) is 20.8. The van der Waals surface area contributed by atoms with E-state index in [4.69, 9.17) is 9.47 Å². The van der Waals surface area contributed by atoms with Gasteiger partial charge in [0.25, 0.3) is 5.78 Å². The fourth-order valence-electron chi connectivity index (χ4n) is 6.23. The molecule has 2 N–H and O–H groups in total. The van der Waals surface area contributed by atoms with E-state index in [0.717, 1.165) is 16.5 Å². The van der Waals surface area contributed by atoms with Gasteiger partial charge in [-0.1, -0.05) is 24.3 Å². The molecule has 10 nitrogen and oxygen atoms in total. The van der Waals surface area contributed by atoms with Gasteiger partial charge in [-0.05, 0) is 38.8 Å². The molecule has 2 bridgehead atoms. The first-order valence-electron chi connectivity index (χ1n) is 12.5. The molecule has 0 amide bonds. The average molecular weight is 509 g/mol. The van der Waals surface area contributed by atoms with Crippen LogP contribution in [-0.2, 0) is 15.9 Å². The predicted octanol–water partition coefficient (Wildman–Crippen LogP) is 4.36. The second kappa shape index (κ2) is 7.69. The third-order valence-corrected chi connectivity index (χ3v) is 7.90. The smallest absolute Gasteiger partial charge is 0.255 e. The van der Waals surface area contributed by atoms with Gasteiger partial charge in [0.05, 0.1) is 40.7 Å². The molecule has 0 radical (unpaired) electrons. The summed E-state index contributed by atoms with van der Waals surface area (Å²) < 4.78 is 15.7. The predicted molar refractivity (Wildman–Crippen MR) is 136 cm³/mol. The molecule has 2 aliphatic rings. The van der Waals surface area contributed by atoms with Crippen LogP contribution in [0.15, 0.2) is 48.8 Å². The number of hydrogen-bond donors (Lipinski definition) is 2. The summed E-state index contributed by atoms with van der Waals surface area (Å²) >= 11 is 0. The molecule has 0 aliphatic carbocycles. The molecule has 5 heterocycles. The van der Waals surface area contributed by atoms with Crippen molar-refractivity contribution in [2.75, 3.05) is 6.61 Å². The van der Waals surface area contributed by atoms with Crippen LogP contribution < -0.4 is 4.74 Å². The van der Waals surface area contributed by atoms with Crippen LogP contribution in [0.25, 0.3) is 22.2 Å². The third-order valence-electron chi connectivity index (χ3n) is 7.90. The molecule has 1 fully saturated rings. The molecule has 5 aromatic rings. The Hall–Kier alpha value is -4.62. The third kappa shape index (κ3) is 2.93. The van der Waals surface area contributed by atoms with Gasteiger partial charge in [-0.2, -0.15) is 19.9 Å². The first-order chi connectivity index (χ1) is 18.3. The van der Waals surface area contributed by atoms with Crippen LogP contribution in [0.2, 0.25) is 0 Å². The number of aryl methyl sites for hydroxylation is 1. The number of aromatic hydroxyl groups is 2. The number of fused-ring (bicyclic) bond motifs is 7. The van der Waals surface area contributed by atoms with Crippen molar-refractivity contribution in [1.29, 1.82) is 5.26 Å². The Bertz CT molecular complexity index is 1820. The first-order valence-corrected chi connectivity index (χ1v) is 12.5. The van der Waals surface area contributed by atoms with Gasteiger partial charge in [0, 0.05) is 29.0 Å². The van der Waals surface area contributed by atoms with E-state index >= 15 is 0 Å². The van der Waals surface area contributed by atoms with Crippen LogP contribution >= 0.6 is 0 Å². The highest BCUT2D eigenvalue weighted by Gasteiger charge is 2.61. The molecule has 0 saturated carbocycles. The summed E-state index contributed by atoms with van der Waals surface area (Å²) in [4.78, 5) is 8.49. The summed E-state index contributed by atoms with van der Waals surface area (Å²) in [5, 5.41) is 38.4. The molecule has 7 rings (SSSR count). The first kappa shape index (κ1) is 22.6. The van der Waals surface area contributed by atoms with E-state index in [1.807, 2.05) is 38.1 Å². The lowest BCUT2D eigenvalue weighted by Crippen LogP contribution is -2.26. The van der Waals surface area contributed by atoms with Gasteiger partial charge in [0.2, 0.25) is 17.6 Å². The topological polar surface area (TPSA) is 131 Å². The maximum absolute atomic E-state index is 11.6. The minimum absolute atomic E-state index is 0.0496. The van der Waals surface area contributed by atoms with E-state index in [9.17, 15) is 15.5 Å². The maximum Gasteiger partial charge on any atom is 0.255 e. The molecule has 2 aromatic carbocycles. The van der Waals surface area contributed by atoms with Crippen molar-refractivity contribution in [3.05, 3.63) is 71.2 Å². The second-order valence-electron chi connectivity index (χ2n) is 10.2. The maximum atomic E-state index is 11.6. The van der Waals surface area contributed by atoms with Gasteiger partial charge in [-0.3, -0.25) is 4.57 Å². The second-order valence-corrected chi connectivity index (χ2v) is 10.2. The van der Waals surface area contributed by atoms with E-state index in [2.05, 4.69) is 21.1 Å². The van der Waals surface area contributed by atoms with Crippen LogP contribution in [0.1, 0.15) is 48.6 Å². The lowest BCUT2D eigenvalue weighted by Gasteiger charge is -2.26. The largest absolute Gasteiger partial charge is 0.494 e. The summed E-state index contributed by atoms with van der Waals surface area (Å²) in [5.74, 6) is 0.870. The fraction of sp³-hybridized carbons (Fsp3) is 0.286. The molecule has 2 atom stereocenters. The molecule has 0 spiro atoms. The standard InChI is InChI=1S/C28H24N6O4/c1-16-13-21(34-26(32-16)30-15-31-34)37-12-11-28-10-9-27(2,38-28)22-23(28)25(36)33(24(22)35)20-8-7-17(14-29)18-5-3-4-6-19(18)20/h3-8,13,15,35-36H,9-12H2,1-2H3/t27-,28-/m1/s1.